The highest BCUT2D eigenvalue weighted by molar-refractivity contribution is 7.89. The van der Waals surface area contributed by atoms with Crippen molar-refractivity contribution >= 4 is 39.0 Å². The first-order valence-electron chi connectivity index (χ1n) is 19.6. The maximum atomic E-state index is 14.1. The van der Waals surface area contributed by atoms with E-state index in [1.54, 1.807) is 6.92 Å². The van der Waals surface area contributed by atoms with Gasteiger partial charge in [0.25, 0.3) is 17.7 Å². The van der Waals surface area contributed by atoms with E-state index < -0.39 is 44.7 Å². The Morgan fingerprint density at radius 1 is 0.904 bits per heavy atom. The monoisotopic (exact) mass is 766 g/mol. The lowest BCUT2D eigenvalue weighted by Gasteiger charge is -2.23. The van der Waals surface area contributed by atoms with Crippen LogP contribution in [0, 0.1) is 5.41 Å². The summed E-state index contributed by atoms with van der Waals surface area (Å²) in [5, 5.41) is 13.9. The first kappa shape index (κ1) is 43.6. The number of rotatable bonds is 27. The average Bonchev–Trinajstić information content (AvgIpc) is 3.84. The number of halogens is 1. The van der Waals surface area contributed by atoms with Crippen LogP contribution in [0.25, 0.3) is 0 Å². The number of sulfonamides is 1. The number of unbranched alkanes of at least 4 members (excludes halogenated alkanes) is 13. The highest BCUT2D eigenvalue weighted by Gasteiger charge is 2.51. The molecule has 2 N–H and O–H groups in total. The van der Waals surface area contributed by atoms with Crippen LogP contribution in [0.3, 0.4) is 0 Å². The molecule has 0 saturated heterocycles. The number of ketones is 1. The molecule has 1 fully saturated rings. The van der Waals surface area contributed by atoms with Gasteiger partial charge in [-0.15, -0.1) is 0 Å². The third-order valence-electron chi connectivity index (χ3n) is 10.2. The second-order valence-corrected chi connectivity index (χ2v) is 17.0. The van der Waals surface area contributed by atoms with Gasteiger partial charge in [0.1, 0.15) is 0 Å². The third-order valence-corrected chi connectivity index (χ3v) is 12.4. The number of carbonyl (C=O) groups excluding carboxylic acids is 2. The molecule has 13 heteroatoms. The smallest absolute Gasteiger partial charge is 0.334 e. The lowest BCUT2D eigenvalue weighted by molar-refractivity contribution is -0.133. The van der Waals surface area contributed by atoms with Gasteiger partial charge >= 0.3 is 5.69 Å². The largest absolute Gasteiger partial charge is 0.491 e. The predicted molar refractivity (Wildman–Crippen MR) is 208 cm³/mol. The second kappa shape index (κ2) is 21.2. The molecule has 1 heterocycles. The van der Waals surface area contributed by atoms with E-state index in [4.69, 9.17) is 16.3 Å². The summed E-state index contributed by atoms with van der Waals surface area (Å²) in [7, 11) is -2.55. The van der Waals surface area contributed by atoms with Crippen molar-refractivity contribution in [2.45, 2.75) is 154 Å². The Bertz CT molecular complexity index is 1600. The summed E-state index contributed by atoms with van der Waals surface area (Å²) in [6.07, 6.45) is 17.1. The van der Waals surface area contributed by atoms with E-state index in [0.717, 1.165) is 105 Å². The van der Waals surface area contributed by atoms with Crippen LogP contribution in [0.1, 0.15) is 149 Å². The van der Waals surface area contributed by atoms with Gasteiger partial charge in [-0.1, -0.05) is 123 Å². The van der Waals surface area contributed by atoms with Crippen molar-refractivity contribution in [3.8, 4) is 11.8 Å². The Morgan fingerprint density at radius 2 is 1.42 bits per heavy atom. The van der Waals surface area contributed by atoms with Crippen LogP contribution in [0.5, 0.6) is 11.8 Å². The molecule has 11 nitrogen and oxygen atoms in total. The summed E-state index contributed by atoms with van der Waals surface area (Å²) in [4.78, 5) is 41.4. The van der Waals surface area contributed by atoms with Crippen LogP contribution < -0.4 is 15.7 Å². The van der Waals surface area contributed by atoms with E-state index in [2.05, 4.69) is 26.1 Å². The van der Waals surface area contributed by atoms with Crippen molar-refractivity contribution in [2.75, 3.05) is 25.0 Å². The van der Waals surface area contributed by atoms with Gasteiger partial charge in [-0.3, -0.25) is 14.2 Å². The Balaban J connectivity index is 1.89. The molecular weight excluding hydrogens is 704 g/mol. The summed E-state index contributed by atoms with van der Waals surface area (Å²) in [5.41, 5.74) is -1.66. The lowest BCUT2D eigenvalue weighted by Crippen LogP contribution is -2.41. The van der Waals surface area contributed by atoms with Crippen LogP contribution in [-0.4, -0.2) is 58.4 Å². The van der Waals surface area contributed by atoms with Crippen LogP contribution in [0.2, 0.25) is 5.02 Å². The van der Waals surface area contributed by atoms with E-state index >= 15 is 0 Å². The number of amides is 1. The van der Waals surface area contributed by atoms with Crippen molar-refractivity contribution in [2.24, 2.45) is 12.5 Å². The fraction of sp³-hybridized carbons (Fsp3) is 0.718. The number of aromatic hydroxyl groups is 1. The van der Waals surface area contributed by atoms with Gasteiger partial charge in [-0.05, 0) is 50.3 Å². The number of anilines is 1. The lowest BCUT2D eigenvalue weighted by atomic mass is 9.96. The predicted octanol–water partition coefficient (Wildman–Crippen LogP) is 8.77. The van der Waals surface area contributed by atoms with Gasteiger partial charge in [0.15, 0.2) is 11.8 Å². The molecule has 0 radical (unpaired) electrons. The third kappa shape index (κ3) is 11.8. The van der Waals surface area contributed by atoms with Gasteiger partial charge in [0.05, 0.1) is 22.2 Å². The fourth-order valence-electron chi connectivity index (χ4n) is 6.40. The van der Waals surface area contributed by atoms with E-state index in [-0.39, 0.29) is 28.1 Å². The summed E-state index contributed by atoms with van der Waals surface area (Å²) in [6, 6.07) is 2.41. The first-order chi connectivity index (χ1) is 24.8. The zero-order valence-electron chi connectivity index (χ0n) is 32.2. The minimum atomic E-state index is -3.96. The molecule has 0 bridgehead atoms. The Morgan fingerprint density at radius 3 is 1.96 bits per heavy atom. The Labute approximate surface area is 316 Å². The van der Waals surface area contributed by atoms with Gasteiger partial charge < -0.3 is 15.2 Å². The maximum absolute atomic E-state index is 14.1. The number of hydrogen-bond donors (Lipinski definition) is 2. The topological polar surface area (TPSA) is 140 Å². The number of hydrogen-bond acceptors (Lipinski definition) is 7. The quantitative estimate of drug-likeness (QED) is 0.0685. The molecular formula is C39H63ClN4O7S. The van der Waals surface area contributed by atoms with Crippen molar-refractivity contribution in [3.05, 3.63) is 33.7 Å². The van der Waals surface area contributed by atoms with E-state index in [0.29, 0.717) is 32.4 Å². The standard InChI is InChI=1S/C39H63ClN4O7S/c1-6-9-12-15-17-19-26-43(27-20-18-16-13-10-7-2)52(49,50)30-22-23-31(40)32(29-30)41-35(46)33(34(45)39(4)24-25-39)44-36(47)37(42(5)38(44)48)51-28-21-14-11-8-3/h22-23,29,33,47H,6-21,24-28H2,1-5H3,(H,41,46). The number of benzene rings is 1. The number of ether oxygens (including phenoxy) is 1. The zero-order chi connectivity index (χ0) is 38.3. The van der Waals surface area contributed by atoms with Crippen molar-refractivity contribution in [3.63, 3.8) is 0 Å². The Hall–Kier alpha value is -2.83. The highest BCUT2D eigenvalue weighted by atomic mass is 35.5. The highest BCUT2D eigenvalue weighted by Crippen LogP contribution is 2.49. The van der Waals surface area contributed by atoms with Gasteiger partial charge in [0.2, 0.25) is 10.0 Å². The van der Waals surface area contributed by atoms with Gasteiger partial charge in [0, 0.05) is 25.6 Å². The molecule has 1 aromatic heterocycles. The molecule has 1 aliphatic carbocycles. The average molecular weight is 767 g/mol. The molecule has 1 aliphatic rings. The van der Waals surface area contributed by atoms with Crippen molar-refractivity contribution in [1.82, 2.24) is 13.4 Å². The maximum Gasteiger partial charge on any atom is 0.334 e. The number of imidazole rings is 1. The summed E-state index contributed by atoms with van der Waals surface area (Å²) < 4.78 is 37.4. The molecule has 1 amide bonds. The molecule has 3 rings (SSSR count). The van der Waals surface area contributed by atoms with E-state index in [1.807, 2.05) is 0 Å². The molecule has 1 aromatic carbocycles. The summed E-state index contributed by atoms with van der Waals surface area (Å²) >= 11 is 6.53. The fourth-order valence-corrected chi connectivity index (χ4v) is 8.11. The molecule has 294 valence electrons. The number of nitrogens with zero attached hydrogens (tertiary/aromatic N) is 3. The molecule has 1 saturated carbocycles. The van der Waals surface area contributed by atoms with E-state index in [1.165, 1.54) is 29.6 Å². The SMILES string of the molecule is CCCCCCCCN(CCCCCCCC)S(=O)(=O)c1ccc(Cl)c(NC(=O)C(C(=O)C2(C)CC2)n2c(O)c(OCCCCCC)n(C)c2=O)c1. The van der Waals surface area contributed by atoms with E-state index in [9.17, 15) is 27.9 Å². The summed E-state index contributed by atoms with van der Waals surface area (Å²) in [6.45, 7) is 9.16. The molecule has 0 spiro atoms. The summed E-state index contributed by atoms with van der Waals surface area (Å²) in [5.74, 6) is -2.20. The zero-order valence-corrected chi connectivity index (χ0v) is 33.8. The van der Waals surface area contributed by atoms with Crippen molar-refractivity contribution < 1.29 is 27.9 Å². The number of nitrogens with one attached hydrogen (secondary N) is 1. The van der Waals surface area contributed by atoms with Crippen LogP contribution in [0.4, 0.5) is 5.69 Å². The first-order valence-corrected chi connectivity index (χ1v) is 21.4. The minimum absolute atomic E-state index is 0.0126. The minimum Gasteiger partial charge on any atom is -0.491 e. The van der Waals surface area contributed by atoms with Gasteiger partial charge in [-0.2, -0.15) is 4.31 Å². The van der Waals surface area contributed by atoms with Crippen LogP contribution >= 0.6 is 11.6 Å². The normalized spacial score (nSPS) is 14.4. The van der Waals surface area contributed by atoms with Crippen molar-refractivity contribution in [1.29, 1.82) is 0 Å². The Kier molecular flexibility index (Phi) is 17.7. The molecule has 1 atom stereocenters. The second-order valence-electron chi connectivity index (χ2n) is 14.6. The number of carbonyl (C=O) groups is 2. The van der Waals surface area contributed by atoms with Gasteiger partial charge in [-0.25, -0.2) is 17.8 Å². The molecule has 2 aromatic rings. The molecule has 52 heavy (non-hydrogen) atoms. The number of aromatic nitrogens is 2. The number of Topliss-reactive ketones (excluding diaryl/α,β-unsaturated/α-hetero) is 1. The van der Waals surface area contributed by atoms with Crippen LogP contribution in [-0.2, 0) is 26.7 Å². The van der Waals surface area contributed by atoms with Crippen LogP contribution in [0.15, 0.2) is 27.9 Å². The molecule has 0 aliphatic heterocycles. The molecule has 1 unspecified atom stereocenters.